The largest absolute Gasteiger partial charge is 0.251 e. The molecule has 0 unspecified atom stereocenters. The molecule has 3 heteroatoms. The first-order valence-corrected chi connectivity index (χ1v) is 11.5. The molecule has 0 N–H and O–H groups in total. The van der Waals surface area contributed by atoms with Gasteiger partial charge in [0.15, 0.2) is 18.9 Å². The predicted octanol–water partition coefficient (Wildman–Crippen LogP) is 7.17. The van der Waals surface area contributed by atoms with Gasteiger partial charge in [-0.1, -0.05) is 48.4 Å². The van der Waals surface area contributed by atoms with E-state index in [9.17, 15) is 0 Å². The number of benzene rings is 2. The van der Waals surface area contributed by atoms with Gasteiger partial charge in [0.25, 0.3) is 0 Å². The third-order valence-corrected chi connectivity index (χ3v) is 5.82. The van der Waals surface area contributed by atoms with Gasteiger partial charge < -0.3 is 0 Å². The van der Waals surface area contributed by atoms with Gasteiger partial charge in [0.05, 0.1) is 29.2 Å². The molecule has 0 amide bonds. The highest BCUT2D eigenvalue weighted by Crippen LogP contribution is 2.28. The Hall–Kier alpha value is -3.07. The predicted molar refractivity (Wildman–Crippen MR) is 137 cm³/mol. The summed E-state index contributed by atoms with van der Waals surface area (Å²) in [6, 6.07) is 15.0. The van der Waals surface area contributed by atoms with Crippen LogP contribution in [0, 0.1) is 41.5 Å². The average molecular weight is 427 g/mol. The van der Waals surface area contributed by atoms with Crippen molar-refractivity contribution in [2.24, 2.45) is 9.98 Å². The second-order valence-corrected chi connectivity index (χ2v) is 8.83. The van der Waals surface area contributed by atoms with Crippen molar-refractivity contribution >= 4 is 22.8 Å². The van der Waals surface area contributed by atoms with E-state index in [0.717, 1.165) is 42.2 Å². The first kappa shape index (κ1) is 23.6. The van der Waals surface area contributed by atoms with E-state index < -0.39 is 0 Å². The Morgan fingerprint density at radius 3 is 1.53 bits per heavy atom. The van der Waals surface area contributed by atoms with Gasteiger partial charge in [0, 0.05) is 12.1 Å². The molecule has 3 rings (SSSR count). The van der Waals surface area contributed by atoms with Crippen molar-refractivity contribution in [2.45, 2.75) is 67.9 Å². The molecule has 166 valence electrons. The number of nitrogens with zero attached hydrogens (tertiary/aromatic N) is 3. The maximum atomic E-state index is 5.23. The van der Waals surface area contributed by atoms with Crippen molar-refractivity contribution in [1.29, 1.82) is 0 Å². The average Bonchev–Trinajstić information content (AvgIpc) is 2.73. The maximum Gasteiger partial charge on any atom is 0.168 e. The lowest BCUT2D eigenvalue weighted by atomic mass is 10.0. The molecule has 2 aromatic carbocycles. The minimum Gasteiger partial charge on any atom is -0.251 e. The zero-order chi connectivity index (χ0) is 23.3. The lowest BCUT2D eigenvalue weighted by Gasteiger charge is -2.14. The fourth-order valence-corrected chi connectivity index (χ4v) is 4.40. The zero-order valence-corrected chi connectivity index (χ0v) is 20.7. The van der Waals surface area contributed by atoms with Gasteiger partial charge in [-0.15, -0.1) is 0 Å². The van der Waals surface area contributed by atoms with E-state index in [1.807, 2.05) is 6.07 Å². The lowest BCUT2D eigenvalue weighted by Crippen LogP contribution is -2.34. The molecule has 0 aliphatic carbocycles. The molecule has 32 heavy (non-hydrogen) atoms. The summed E-state index contributed by atoms with van der Waals surface area (Å²) in [4.78, 5) is 10.4. The van der Waals surface area contributed by atoms with Gasteiger partial charge in [-0.05, 0) is 70.2 Å². The number of hydrogen-bond acceptors (Lipinski definition) is 2. The lowest BCUT2D eigenvalue weighted by molar-refractivity contribution is -0.695. The van der Waals surface area contributed by atoms with Gasteiger partial charge in [0.2, 0.25) is 0 Å². The van der Waals surface area contributed by atoms with E-state index in [1.165, 1.54) is 33.4 Å². The molecule has 0 aliphatic heterocycles. The fraction of sp³-hybridized carbons (Fsp3) is 0.345. The third-order valence-electron chi connectivity index (χ3n) is 5.82. The molecular formula is C29H36N3+. The first-order valence-electron chi connectivity index (χ1n) is 11.5. The van der Waals surface area contributed by atoms with Crippen LogP contribution in [0.3, 0.4) is 0 Å². The van der Waals surface area contributed by atoms with Crippen LogP contribution in [-0.4, -0.2) is 11.4 Å². The maximum absolute atomic E-state index is 5.23. The van der Waals surface area contributed by atoms with Crippen LogP contribution in [0.15, 0.2) is 64.8 Å². The SMILES string of the molecule is CCC(=Nc1c(C)cc(C)cc1C)C(CC[n+]1ccccc1)=Nc1c(C)cc(C)cc1C. The number of aromatic nitrogens is 1. The zero-order valence-electron chi connectivity index (χ0n) is 20.7. The molecule has 0 atom stereocenters. The monoisotopic (exact) mass is 426 g/mol. The van der Waals surface area contributed by atoms with Crippen molar-refractivity contribution < 1.29 is 4.57 Å². The first-order chi connectivity index (χ1) is 15.3. The normalized spacial score (nSPS) is 12.3. The number of aliphatic imine (C=N–C) groups is 2. The van der Waals surface area contributed by atoms with Crippen LogP contribution in [0.5, 0.6) is 0 Å². The minimum atomic E-state index is 0.831. The van der Waals surface area contributed by atoms with Gasteiger partial charge in [0.1, 0.15) is 0 Å². The van der Waals surface area contributed by atoms with E-state index in [2.05, 4.69) is 102 Å². The van der Waals surface area contributed by atoms with Crippen LogP contribution in [0.2, 0.25) is 0 Å². The molecule has 0 radical (unpaired) electrons. The second-order valence-electron chi connectivity index (χ2n) is 8.83. The topological polar surface area (TPSA) is 28.6 Å². The van der Waals surface area contributed by atoms with Gasteiger partial charge in [-0.2, -0.15) is 0 Å². The van der Waals surface area contributed by atoms with Gasteiger partial charge >= 0.3 is 0 Å². The number of rotatable bonds is 7. The Labute approximate surface area is 193 Å². The van der Waals surface area contributed by atoms with Crippen LogP contribution >= 0.6 is 0 Å². The molecule has 1 heterocycles. The Balaban J connectivity index is 2.10. The molecule has 3 aromatic rings. The fourth-order valence-electron chi connectivity index (χ4n) is 4.40. The molecule has 0 saturated heterocycles. The molecular weight excluding hydrogens is 390 g/mol. The summed E-state index contributed by atoms with van der Waals surface area (Å²) in [5.41, 5.74) is 11.7. The molecule has 0 fully saturated rings. The Kier molecular flexibility index (Phi) is 7.74. The quantitative estimate of drug-likeness (QED) is 0.283. The summed E-state index contributed by atoms with van der Waals surface area (Å²) in [6.45, 7) is 15.9. The summed E-state index contributed by atoms with van der Waals surface area (Å²) in [5.74, 6) is 0. The van der Waals surface area contributed by atoms with Gasteiger partial charge in [-0.3, -0.25) is 9.98 Å². The van der Waals surface area contributed by atoms with Crippen molar-refractivity contribution in [3.63, 3.8) is 0 Å². The van der Waals surface area contributed by atoms with Gasteiger partial charge in [-0.25, -0.2) is 4.57 Å². The highest BCUT2D eigenvalue weighted by Gasteiger charge is 2.15. The highest BCUT2D eigenvalue weighted by atomic mass is 14.9. The minimum absolute atomic E-state index is 0.831. The summed E-state index contributed by atoms with van der Waals surface area (Å²) in [6.07, 6.45) is 5.89. The molecule has 0 spiro atoms. The molecule has 0 aliphatic rings. The van der Waals surface area contributed by atoms with Crippen molar-refractivity contribution in [3.8, 4) is 0 Å². The second kappa shape index (κ2) is 10.5. The Morgan fingerprint density at radius 2 is 1.09 bits per heavy atom. The van der Waals surface area contributed by atoms with Crippen LogP contribution in [0.1, 0.15) is 53.1 Å². The smallest absolute Gasteiger partial charge is 0.168 e. The summed E-state index contributed by atoms with van der Waals surface area (Å²) < 4.78 is 2.21. The molecule has 1 aromatic heterocycles. The number of hydrogen-bond donors (Lipinski definition) is 0. The van der Waals surface area contributed by atoms with E-state index in [0.29, 0.717) is 0 Å². The van der Waals surface area contributed by atoms with E-state index in [4.69, 9.17) is 9.98 Å². The summed E-state index contributed by atoms with van der Waals surface area (Å²) in [7, 11) is 0. The van der Waals surface area contributed by atoms with E-state index in [-0.39, 0.29) is 0 Å². The van der Waals surface area contributed by atoms with Crippen LogP contribution in [0.4, 0.5) is 11.4 Å². The van der Waals surface area contributed by atoms with Crippen molar-refractivity contribution in [1.82, 2.24) is 0 Å². The van der Waals surface area contributed by atoms with E-state index in [1.54, 1.807) is 0 Å². The van der Waals surface area contributed by atoms with Crippen LogP contribution in [-0.2, 0) is 6.54 Å². The standard InChI is InChI=1S/C29H36N3/c1-8-26(30-28-22(4)16-20(2)17-23(28)5)27(12-15-32-13-10-9-11-14-32)31-29-24(6)18-21(3)19-25(29)7/h9-11,13-14,16-19H,8,12,15H2,1-7H3/q+1. The van der Waals surface area contributed by atoms with Crippen LogP contribution in [0.25, 0.3) is 0 Å². The highest BCUT2D eigenvalue weighted by molar-refractivity contribution is 6.43. The Bertz CT molecular complexity index is 1110. The number of pyridine rings is 1. The Morgan fingerprint density at radius 1 is 0.656 bits per heavy atom. The molecule has 3 nitrogen and oxygen atoms in total. The number of aryl methyl sites for hydroxylation is 7. The van der Waals surface area contributed by atoms with E-state index >= 15 is 0 Å². The van der Waals surface area contributed by atoms with Crippen molar-refractivity contribution in [3.05, 3.63) is 88.2 Å². The third kappa shape index (κ3) is 5.79. The molecule has 0 saturated carbocycles. The summed E-state index contributed by atoms with van der Waals surface area (Å²) >= 11 is 0. The van der Waals surface area contributed by atoms with Crippen molar-refractivity contribution in [2.75, 3.05) is 0 Å². The summed E-state index contributed by atoms with van der Waals surface area (Å²) in [5, 5.41) is 0. The molecule has 0 bridgehead atoms. The van der Waals surface area contributed by atoms with Crippen LogP contribution < -0.4 is 4.57 Å².